The second kappa shape index (κ2) is 6.07. The highest BCUT2D eigenvalue weighted by Gasteiger charge is 2.21. The normalized spacial score (nSPS) is 20.5. The van der Waals surface area contributed by atoms with Gasteiger partial charge in [-0.1, -0.05) is 29.8 Å². The molecule has 1 unspecified atom stereocenters. The van der Waals surface area contributed by atoms with Crippen molar-refractivity contribution in [1.29, 1.82) is 0 Å². The highest BCUT2D eigenvalue weighted by atomic mass is 79.9. The standard InChI is InChI=1S/C15H23BrN2/c1-11(2)17-14-5-4-8-18(10-14)15-7-6-13(16)9-12(15)3/h6-7,9,11,14,17H,4-5,8,10H2,1-3H3. The molecule has 1 aliphatic heterocycles. The molecule has 3 heteroatoms. The summed E-state index contributed by atoms with van der Waals surface area (Å²) < 4.78 is 1.16. The van der Waals surface area contributed by atoms with Gasteiger partial charge in [-0.3, -0.25) is 0 Å². The number of nitrogens with zero attached hydrogens (tertiary/aromatic N) is 1. The molecule has 0 aliphatic carbocycles. The predicted octanol–water partition coefficient (Wildman–Crippen LogP) is 3.72. The van der Waals surface area contributed by atoms with Crippen molar-refractivity contribution in [2.24, 2.45) is 0 Å². The van der Waals surface area contributed by atoms with Crippen molar-refractivity contribution in [3.63, 3.8) is 0 Å². The third-order valence-electron chi connectivity index (χ3n) is 3.49. The molecule has 0 radical (unpaired) electrons. The van der Waals surface area contributed by atoms with Gasteiger partial charge in [-0.25, -0.2) is 0 Å². The lowest BCUT2D eigenvalue weighted by molar-refractivity contribution is 0.394. The minimum absolute atomic E-state index is 0.570. The largest absolute Gasteiger partial charge is 0.370 e. The summed E-state index contributed by atoms with van der Waals surface area (Å²) in [4.78, 5) is 2.52. The Morgan fingerprint density at radius 1 is 1.39 bits per heavy atom. The fourth-order valence-electron chi connectivity index (χ4n) is 2.78. The molecule has 2 rings (SSSR count). The van der Waals surface area contributed by atoms with Crippen molar-refractivity contribution >= 4 is 21.6 Å². The average molecular weight is 311 g/mol. The summed E-state index contributed by atoms with van der Waals surface area (Å²) in [5.41, 5.74) is 2.74. The van der Waals surface area contributed by atoms with Crippen LogP contribution in [-0.4, -0.2) is 25.2 Å². The van der Waals surface area contributed by atoms with Crippen molar-refractivity contribution < 1.29 is 0 Å². The summed E-state index contributed by atoms with van der Waals surface area (Å²) in [7, 11) is 0. The van der Waals surface area contributed by atoms with Gasteiger partial charge in [-0.05, 0) is 43.5 Å². The Hall–Kier alpha value is -0.540. The van der Waals surface area contributed by atoms with Crippen LogP contribution in [0.25, 0.3) is 0 Å². The van der Waals surface area contributed by atoms with E-state index in [0.717, 1.165) is 11.0 Å². The minimum atomic E-state index is 0.570. The molecule has 1 aromatic rings. The summed E-state index contributed by atoms with van der Waals surface area (Å²) in [5, 5.41) is 3.66. The Bertz CT molecular complexity index is 403. The van der Waals surface area contributed by atoms with Crippen molar-refractivity contribution in [2.75, 3.05) is 18.0 Å². The van der Waals surface area contributed by atoms with Crippen LogP contribution in [0, 0.1) is 6.92 Å². The minimum Gasteiger partial charge on any atom is -0.370 e. The van der Waals surface area contributed by atoms with Gasteiger partial charge < -0.3 is 10.2 Å². The molecule has 1 fully saturated rings. The third-order valence-corrected chi connectivity index (χ3v) is 3.98. The quantitative estimate of drug-likeness (QED) is 0.915. The van der Waals surface area contributed by atoms with Crippen LogP contribution >= 0.6 is 15.9 Å². The number of aryl methyl sites for hydroxylation is 1. The van der Waals surface area contributed by atoms with E-state index >= 15 is 0 Å². The second-order valence-corrected chi connectivity index (χ2v) is 6.45. The lowest BCUT2D eigenvalue weighted by atomic mass is 10.0. The van der Waals surface area contributed by atoms with Crippen molar-refractivity contribution in [3.05, 3.63) is 28.2 Å². The van der Waals surface area contributed by atoms with E-state index in [-0.39, 0.29) is 0 Å². The molecule has 18 heavy (non-hydrogen) atoms. The molecule has 100 valence electrons. The van der Waals surface area contributed by atoms with E-state index in [1.165, 1.54) is 30.6 Å². The second-order valence-electron chi connectivity index (χ2n) is 5.54. The van der Waals surface area contributed by atoms with Crippen LogP contribution in [0.2, 0.25) is 0 Å². The number of rotatable bonds is 3. The van der Waals surface area contributed by atoms with Gasteiger partial charge in [0.1, 0.15) is 0 Å². The van der Waals surface area contributed by atoms with E-state index in [9.17, 15) is 0 Å². The number of hydrogen-bond donors (Lipinski definition) is 1. The number of benzene rings is 1. The van der Waals surface area contributed by atoms with Crippen LogP contribution in [0.4, 0.5) is 5.69 Å². The zero-order valence-corrected chi connectivity index (χ0v) is 13.1. The number of nitrogens with one attached hydrogen (secondary N) is 1. The van der Waals surface area contributed by atoms with Crippen molar-refractivity contribution in [1.82, 2.24) is 5.32 Å². The highest BCUT2D eigenvalue weighted by Crippen LogP contribution is 2.26. The molecule has 0 bridgehead atoms. The fraction of sp³-hybridized carbons (Fsp3) is 0.600. The smallest absolute Gasteiger partial charge is 0.0397 e. The molecule has 0 spiro atoms. The maximum absolute atomic E-state index is 3.66. The molecule has 1 saturated heterocycles. The van der Waals surface area contributed by atoms with E-state index in [1.807, 2.05) is 0 Å². The Balaban J connectivity index is 2.08. The molecule has 0 aromatic heterocycles. The first-order chi connectivity index (χ1) is 8.56. The third kappa shape index (κ3) is 3.48. The molecule has 0 saturated carbocycles. The van der Waals surface area contributed by atoms with Gasteiger partial charge in [0.2, 0.25) is 0 Å². The summed E-state index contributed by atoms with van der Waals surface area (Å²) in [6.07, 6.45) is 2.57. The molecular formula is C15H23BrN2. The lowest BCUT2D eigenvalue weighted by Gasteiger charge is -2.36. The number of piperidine rings is 1. The molecule has 1 atom stereocenters. The van der Waals surface area contributed by atoms with Crippen LogP contribution in [0.1, 0.15) is 32.3 Å². The van der Waals surface area contributed by atoms with Crippen LogP contribution in [0.3, 0.4) is 0 Å². The molecule has 1 heterocycles. The molecule has 2 nitrogen and oxygen atoms in total. The average Bonchev–Trinajstić information content (AvgIpc) is 2.28. The van der Waals surface area contributed by atoms with E-state index < -0.39 is 0 Å². The summed E-state index contributed by atoms with van der Waals surface area (Å²) >= 11 is 3.53. The SMILES string of the molecule is Cc1cc(Br)ccc1N1CCCC(NC(C)C)C1. The van der Waals surface area contributed by atoms with Gasteiger partial charge in [0, 0.05) is 35.3 Å². The fourth-order valence-corrected chi connectivity index (χ4v) is 3.25. The van der Waals surface area contributed by atoms with Gasteiger partial charge in [0.05, 0.1) is 0 Å². The Morgan fingerprint density at radius 2 is 2.17 bits per heavy atom. The first kappa shape index (κ1) is 13.9. The lowest BCUT2D eigenvalue weighted by Crippen LogP contribution is -2.48. The molecular weight excluding hydrogens is 288 g/mol. The van der Waals surface area contributed by atoms with Gasteiger partial charge in [-0.2, -0.15) is 0 Å². The van der Waals surface area contributed by atoms with Gasteiger partial charge in [-0.15, -0.1) is 0 Å². The van der Waals surface area contributed by atoms with Crippen molar-refractivity contribution in [2.45, 2.75) is 45.7 Å². The Morgan fingerprint density at radius 3 is 2.83 bits per heavy atom. The first-order valence-corrected chi connectivity index (χ1v) is 7.62. The summed E-state index contributed by atoms with van der Waals surface area (Å²) in [6, 6.07) is 7.77. The zero-order valence-electron chi connectivity index (χ0n) is 11.5. The maximum Gasteiger partial charge on any atom is 0.0397 e. The summed E-state index contributed by atoms with van der Waals surface area (Å²) in [5.74, 6) is 0. The number of hydrogen-bond acceptors (Lipinski definition) is 2. The van der Waals surface area contributed by atoms with Gasteiger partial charge in [0.25, 0.3) is 0 Å². The predicted molar refractivity (Wildman–Crippen MR) is 82.4 cm³/mol. The van der Waals surface area contributed by atoms with E-state index in [0.29, 0.717) is 12.1 Å². The summed E-state index contributed by atoms with van der Waals surface area (Å²) in [6.45, 7) is 8.95. The maximum atomic E-state index is 3.66. The van der Waals surface area contributed by atoms with Crippen LogP contribution < -0.4 is 10.2 Å². The van der Waals surface area contributed by atoms with E-state index in [4.69, 9.17) is 0 Å². The number of halogens is 1. The van der Waals surface area contributed by atoms with Crippen molar-refractivity contribution in [3.8, 4) is 0 Å². The molecule has 1 aliphatic rings. The Kier molecular flexibility index (Phi) is 4.68. The van der Waals surface area contributed by atoms with Gasteiger partial charge in [0.15, 0.2) is 0 Å². The molecule has 0 amide bonds. The van der Waals surface area contributed by atoms with E-state index in [1.54, 1.807) is 0 Å². The van der Waals surface area contributed by atoms with E-state index in [2.05, 4.69) is 65.1 Å². The topological polar surface area (TPSA) is 15.3 Å². The Labute approximate surface area is 119 Å². The van der Waals surface area contributed by atoms with Crippen LogP contribution in [0.15, 0.2) is 22.7 Å². The number of anilines is 1. The highest BCUT2D eigenvalue weighted by molar-refractivity contribution is 9.10. The van der Waals surface area contributed by atoms with Gasteiger partial charge >= 0.3 is 0 Å². The van der Waals surface area contributed by atoms with Crippen LogP contribution in [0.5, 0.6) is 0 Å². The molecule has 1 N–H and O–H groups in total. The van der Waals surface area contributed by atoms with Crippen LogP contribution in [-0.2, 0) is 0 Å². The molecule has 1 aromatic carbocycles. The zero-order chi connectivity index (χ0) is 13.1. The first-order valence-electron chi connectivity index (χ1n) is 6.83. The monoisotopic (exact) mass is 310 g/mol.